The number of benzene rings is 1. The molecule has 0 unspecified atom stereocenters. The van der Waals surface area contributed by atoms with E-state index < -0.39 is 17.5 Å². The number of rotatable bonds is 2. The number of pyridine rings is 1. The molecule has 0 N–H and O–H groups in total. The molecule has 0 aliphatic rings. The summed E-state index contributed by atoms with van der Waals surface area (Å²) in [6.07, 6.45) is 0.944. The molecule has 5 heteroatoms. The molecule has 0 fully saturated rings. The van der Waals surface area contributed by atoms with Gasteiger partial charge in [0.1, 0.15) is 5.82 Å². The maximum Gasteiger partial charge on any atom is 0.221 e. The van der Waals surface area contributed by atoms with E-state index in [1.807, 2.05) is 0 Å². The molecule has 1 aromatic carbocycles. The second-order valence-electron chi connectivity index (χ2n) is 3.31. The first-order valence-corrected chi connectivity index (χ1v) is 4.77. The fourth-order valence-corrected chi connectivity index (χ4v) is 1.49. The molecule has 2 nitrogen and oxygen atoms in total. The zero-order chi connectivity index (χ0) is 12.4. The van der Waals surface area contributed by atoms with Crippen LogP contribution < -0.4 is 4.74 Å². The lowest BCUT2D eigenvalue weighted by Crippen LogP contribution is -1.96. The molecule has 88 valence electrons. The van der Waals surface area contributed by atoms with E-state index in [0.717, 1.165) is 18.3 Å². The van der Waals surface area contributed by atoms with Crippen LogP contribution in [0.3, 0.4) is 0 Å². The minimum atomic E-state index is -1.06. The molecule has 0 saturated heterocycles. The zero-order valence-electron chi connectivity index (χ0n) is 8.88. The largest absolute Gasteiger partial charge is 0.481 e. The molecule has 1 heterocycles. The molecule has 1 aromatic heterocycles. The molecule has 0 aliphatic carbocycles. The summed E-state index contributed by atoms with van der Waals surface area (Å²) >= 11 is 0. The second-order valence-corrected chi connectivity index (χ2v) is 3.31. The van der Waals surface area contributed by atoms with Crippen molar-refractivity contribution in [3.05, 3.63) is 47.9 Å². The summed E-state index contributed by atoms with van der Waals surface area (Å²) < 4.78 is 44.6. The summed E-state index contributed by atoms with van der Waals surface area (Å²) in [4.78, 5) is 3.66. The molecule has 0 atom stereocenters. The summed E-state index contributed by atoms with van der Waals surface area (Å²) in [5.41, 5.74) is -0.0154. The van der Waals surface area contributed by atoms with Gasteiger partial charge in [0.2, 0.25) is 5.88 Å². The number of aromatic nitrogens is 1. The Balaban J connectivity index is 2.67. The Kier molecular flexibility index (Phi) is 2.99. The number of ether oxygens (including phenoxy) is 1. The molecule has 2 rings (SSSR count). The van der Waals surface area contributed by atoms with E-state index in [-0.39, 0.29) is 17.0 Å². The zero-order valence-corrected chi connectivity index (χ0v) is 8.88. The van der Waals surface area contributed by atoms with E-state index in [0.29, 0.717) is 0 Å². The highest BCUT2D eigenvalue weighted by Crippen LogP contribution is 2.31. The van der Waals surface area contributed by atoms with Gasteiger partial charge in [-0.25, -0.2) is 18.2 Å². The van der Waals surface area contributed by atoms with E-state index in [9.17, 15) is 13.2 Å². The van der Waals surface area contributed by atoms with Crippen molar-refractivity contribution in [1.29, 1.82) is 0 Å². The Morgan fingerprint density at radius 3 is 2.59 bits per heavy atom. The van der Waals surface area contributed by atoms with Gasteiger partial charge in [0.25, 0.3) is 0 Å². The Bertz CT molecular complexity index is 557. The fraction of sp³-hybridized carbons (Fsp3) is 0.0833. The van der Waals surface area contributed by atoms with Crippen molar-refractivity contribution in [2.45, 2.75) is 0 Å². The van der Waals surface area contributed by atoms with Gasteiger partial charge in [0.15, 0.2) is 11.6 Å². The average Bonchev–Trinajstić information content (AvgIpc) is 2.33. The van der Waals surface area contributed by atoms with Crippen LogP contribution in [0, 0.1) is 17.5 Å². The second kappa shape index (κ2) is 4.45. The minimum Gasteiger partial charge on any atom is -0.481 e. The van der Waals surface area contributed by atoms with Gasteiger partial charge in [-0.3, -0.25) is 0 Å². The van der Waals surface area contributed by atoms with E-state index in [1.54, 1.807) is 0 Å². The van der Waals surface area contributed by atoms with Crippen LogP contribution in [0.2, 0.25) is 0 Å². The van der Waals surface area contributed by atoms with Gasteiger partial charge < -0.3 is 4.74 Å². The lowest BCUT2D eigenvalue weighted by Gasteiger charge is -2.08. The van der Waals surface area contributed by atoms with Gasteiger partial charge >= 0.3 is 0 Å². The van der Waals surface area contributed by atoms with Crippen LogP contribution in [0.1, 0.15) is 0 Å². The number of methoxy groups -OCH3 is 1. The fourth-order valence-electron chi connectivity index (χ4n) is 1.49. The van der Waals surface area contributed by atoms with E-state index >= 15 is 0 Å². The molecular weight excluding hydrogens is 231 g/mol. The first-order valence-electron chi connectivity index (χ1n) is 4.77. The number of hydrogen-bond donors (Lipinski definition) is 0. The lowest BCUT2D eigenvalue weighted by atomic mass is 10.1. The van der Waals surface area contributed by atoms with E-state index in [2.05, 4.69) is 4.98 Å². The van der Waals surface area contributed by atoms with Gasteiger partial charge in [-0.1, -0.05) is 12.1 Å². The third kappa shape index (κ3) is 2.08. The number of halogens is 3. The smallest absolute Gasteiger partial charge is 0.221 e. The normalized spacial score (nSPS) is 10.4. The molecule has 0 amide bonds. The quantitative estimate of drug-likeness (QED) is 0.803. The van der Waals surface area contributed by atoms with Crippen molar-refractivity contribution < 1.29 is 17.9 Å². The van der Waals surface area contributed by atoms with Gasteiger partial charge in [-0.05, 0) is 12.1 Å². The molecule has 0 bridgehead atoms. The molecule has 0 spiro atoms. The summed E-state index contributed by atoms with van der Waals surface area (Å²) in [7, 11) is 1.32. The van der Waals surface area contributed by atoms with Crippen LogP contribution in [0.4, 0.5) is 13.2 Å². The van der Waals surface area contributed by atoms with Crippen molar-refractivity contribution in [1.82, 2.24) is 4.98 Å². The van der Waals surface area contributed by atoms with Crippen molar-refractivity contribution in [2.24, 2.45) is 0 Å². The topological polar surface area (TPSA) is 22.1 Å². The first kappa shape index (κ1) is 11.4. The summed E-state index contributed by atoms with van der Waals surface area (Å²) in [6.45, 7) is 0. The third-order valence-electron chi connectivity index (χ3n) is 2.25. The van der Waals surface area contributed by atoms with Crippen LogP contribution in [-0.4, -0.2) is 12.1 Å². The van der Waals surface area contributed by atoms with Crippen molar-refractivity contribution in [2.75, 3.05) is 7.11 Å². The van der Waals surface area contributed by atoms with Gasteiger partial charge in [-0.15, -0.1) is 0 Å². The summed E-state index contributed by atoms with van der Waals surface area (Å²) in [5, 5.41) is 0. The Morgan fingerprint density at radius 1 is 1.12 bits per heavy atom. The van der Waals surface area contributed by atoms with Crippen molar-refractivity contribution in [3.63, 3.8) is 0 Å². The minimum absolute atomic E-state index is 0.0379. The third-order valence-corrected chi connectivity index (χ3v) is 2.25. The van der Waals surface area contributed by atoms with Crippen LogP contribution in [0.5, 0.6) is 5.88 Å². The van der Waals surface area contributed by atoms with Crippen LogP contribution in [0.15, 0.2) is 30.5 Å². The van der Waals surface area contributed by atoms with Crippen molar-refractivity contribution in [3.8, 4) is 17.0 Å². The molecule has 0 saturated carbocycles. The molecule has 0 aliphatic heterocycles. The van der Waals surface area contributed by atoms with E-state index in [4.69, 9.17) is 4.74 Å². The Labute approximate surface area is 95.7 Å². The maximum absolute atomic E-state index is 13.6. The van der Waals surface area contributed by atoms with Gasteiger partial charge in [0, 0.05) is 11.1 Å². The monoisotopic (exact) mass is 239 g/mol. The molecule has 0 radical (unpaired) electrons. The first-order chi connectivity index (χ1) is 8.13. The standard InChI is InChI=1S/C12H8F3NO/c1-17-12-9(5-7(13)6-16-12)8-3-2-4-10(14)11(8)15/h2-6H,1H3. The Hall–Kier alpha value is -2.04. The van der Waals surface area contributed by atoms with Crippen LogP contribution in [-0.2, 0) is 0 Å². The predicted octanol–water partition coefficient (Wildman–Crippen LogP) is 3.17. The van der Waals surface area contributed by atoms with Gasteiger partial charge in [0.05, 0.1) is 13.3 Å². The molecule has 2 aromatic rings. The highest BCUT2D eigenvalue weighted by atomic mass is 19.2. The number of nitrogens with zero attached hydrogens (tertiary/aromatic N) is 1. The average molecular weight is 239 g/mol. The highest BCUT2D eigenvalue weighted by molar-refractivity contribution is 5.69. The van der Waals surface area contributed by atoms with E-state index in [1.165, 1.54) is 19.2 Å². The van der Waals surface area contributed by atoms with Crippen LogP contribution >= 0.6 is 0 Å². The predicted molar refractivity (Wildman–Crippen MR) is 56.1 cm³/mol. The van der Waals surface area contributed by atoms with Crippen molar-refractivity contribution >= 4 is 0 Å². The van der Waals surface area contributed by atoms with Crippen LogP contribution in [0.25, 0.3) is 11.1 Å². The summed E-state index contributed by atoms with van der Waals surface area (Å²) in [6, 6.07) is 4.69. The lowest BCUT2D eigenvalue weighted by molar-refractivity contribution is 0.397. The summed E-state index contributed by atoms with van der Waals surface area (Å²) in [5.74, 6) is -2.67. The van der Waals surface area contributed by atoms with Gasteiger partial charge in [-0.2, -0.15) is 0 Å². The maximum atomic E-state index is 13.6. The Morgan fingerprint density at radius 2 is 1.88 bits per heavy atom. The highest BCUT2D eigenvalue weighted by Gasteiger charge is 2.15. The SMILES string of the molecule is COc1ncc(F)cc1-c1cccc(F)c1F. The molecular formula is C12H8F3NO. The number of hydrogen-bond acceptors (Lipinski definition) is 2. The molecule has 17 heavy (non-hydrogen) atoms.